The van der Waals surface area contributed by atoms with Gasteiger partial charge in [-0.05, 0) is 43.5 Å². The van der Waals surface area contributed by atoms with Gasteiger partial charge in [0, 0.05) is 25.2 Å². The lowest BCUT2D eigenvalue weighted by Crippen LogP contribution is -2.29. The molecule has 2 aliphatic rings. The molecule has 6 nitrogen and oxygen atoms in total. The van der Waals surface area contributed by atoms with Gasteiger partial charge < -0.3 is 0 Å². The van der Waals surface area contributed by atoms with Gasteiger partial charge in [0.15, 0.2) is 0 Å². The molecule has 0 N–H and O–H groups in total. The molecular weight excluding hydrogens is 319 g/mol. The van der Waals surface area contributed by atoms with E-state index in [0.29, 0.717) is 25.4 Å². The normalized spacial score (nSPS) is 22.6. The summed E-state index contributed by atoms with van der Waals surface area (Å²) in [5, 5.41) is 8.34. The summed E-state index contributed by atoms with van der Waals surface area (Å²) in [6.07, 6.45) is 4.97. The van der Waals surface area contributed by atoms with Crippen molar-refractivity contribution >= 4 is 10.0 Å². The second-order valence-electron chi connectivity index (χ2n) is 6.16. The van der Waals surface area contributed by atoms with Gasteiger partial charge in [-0.1, -0.05) is 5.21 Å². The van der Waals surface area contributed by atoms with E-state index in [-0.39, 0.29) is 10.9 Å². The summed E-state index contributed by atoms with van der Waals surface area (Å²) in [4.78, 5) is 0.122. The zero-order chi connectivity index (χ0) is 16.0. The highest BCUT2D eigenvalue weighted by Crippen LogP contribution is 2.39. The molecule has 1 atom stereocenters. The highest BCUT2D eigenvalue weighted by molar-refractivity contribution is 7.89. The van der Waals surface area contributed by atoms with E-state index in [1.54, 1.807) is 4.68 Å². The fourth-order valence-corrected chi connectivity index (χ4v) is 4.43. The molecule has 1 aromatic carbocycles. The Hall–Kier alpha value is -1.80. The maximum atomic E-state index is 13.0. The molecule has 23 heavy (non-hydrogen) atoms. The van der Waals surface area contributed by atoms with E-state index in [9.17, 15) is 12.8 Å². The largest absolute Gasteiger partial charge is 0.248 e. The standard InChI is InChI=1S/C15H17FN4O2S/c16-12-3-5-14(6-4-12)23(21,22)19-8-7-13(9-19)20-10-15(17-18-20)11-1-2-11/h3-6,10-11,13H,1-2,7-9H2. The molecule has 4 rings (SSSR count). The quantitative estimate of drug-likeness (QED) is 0.855. The minimum absolute atomic E-state index is 0.00484. The Kier molecular flexibility index (Phi) is 3.46. The Morgan fingerprint density at radius 2 is 1.87 bits per heavy atom. The molecule has 8 heteroatoms. The van der Waals surface area contributed by atoms with Gasteiger partial charge in [0.2, 0.25) is 10.0 Å². The summed E-state index contributed by atoms with van der Waals surface area (Å²) in [5.74, 6) is 0.0858. The lowest BCUT2D eigenvalue weighted by atomic mass is 10.2. The van der Waals surface area contributed by atoms with Crippen LogP contribution in [0.4, 0.5) is 4.39 Å². The zero-order valence-electron chi connectivity index (χ0n) is 12.5. The Balaban J connectivity index is 1.51. The van der Waals surface area contributed by atoms with Crippen molar-refractivity contribution in [2.75, 3.05) is 13.1 Å². The first-order valence-electron chi connectivity index (χ1n) is 7.71. The van der Waals surface area contributed by atoms with Crippen molar-refractivity contribution in [3.63, 3.8) is 0 Å². The van der Waals surface area contributed by atoms with Crippen LogP contribution in [0, 0.1) is 5.82 Å². The maximum absolute atomic E-state index is 13.0. The van der Waals surface area contributed by atoms with E-state index in [4.69, 9.17) is 0 Å². The van der Waals surface area contributed by atoms with Gasteiger partial charge in [-0.2, -0.15) is 4.31 Å². The van der Waals surface area contributed by atoms with Crippen LogP contribution in [-0.4, -0.2) is 40.8 Å². The van der Waals surface area contributed by atoms with Crippen molar-refractivity contribution in [3.05, 3.63) is 42.0 Å². The number of hydrogen-bond acceptors (Lipinski definition) is 4. The first-order valence-corrected chi connectivity index (χ1v) is 9.15. The monoisotopic (exact) mass is 336 g/mol. The molecule has 1 aliphatic heterocycles. The van der Waals surface area contributed by atoms with Gasteiger partial charge in [-0.3, -0.25) is 0 Å². The Labute approximate surface area is 134 Å². The third-order valence-corrected chi connectivity index (χ3v) is 6.35. The molecule has 0 bridgehead atoms. The predicted octanol–water partition coefficient (Wildman–Crippen LogP) is 1.93. The zero-order valence-corrected chi connectivity index (χ0v) is 13.3. The van der Waals surface area contributed by atoms with Crippen molar-refractivity contribution in [1.29, 1.82) is 0 Å². The Morgan fingerprint density at radius 1 is 1.13 bits per heavy atom. The van der Waals surface area contributed by atoms with Crippen molar-refractivity contribution in [2.24, 2.45) is 0 Å². The van der Waals surface area contributed by atoms with Crippen LogP contribution in [0.15, 0.2) is 35.4 Å². The average molecular weight is 336 g/mol. The molecule has 1 saturated carbocycles. The van der Waals surface area contributed by atoms with Crippen LogP contribution in [0.1, 0.15) is 36.9 Å². The molecule has 1 aliphatic carbocycles. The SMILES string of the molecule is O=S(=O)(c1ccc(F)cc1)N1CCC(n2cc(C3CC3)nn2)C1. The van der Waals surface area contributed by atoms with E-state index < -0.39 is 15.8 Å². The topological polar surface area (TPSA) is 68.1 Å². The molecule has 0 radical (unpaired) electrons. The second-order valence-corrected chi connectivity index (χ2v) is 8.10. The number of sulfonamides is 1. The smallest absolute Gasteiger partial charge is 0.243 e. The van der Waals surface area contributed by atoms with Crippen LogP contribution in [0.25, 0.3) is 0 Å². The van der Waals surface area contributed by atoms with Crippen molar-refractivity contribution < 1.29 is 12.8 Å². The summed E-state index contributed by atoms with van der Waals surface area (Å²) in [6.45, 7) is 0.802. The van der Waals surface area contributed by atoms with Gasteiger partial charge in [0.1, 0.15) is 5.82 Å². The summed E-state index contributed by atoms with van der Waals surface area (Å²) in [6, 6.07) is 4.95. The molecule has 2 fully saturated rings. The molecule has 1 saturated heterocycles. The number of aromatic nitrogens is 3. The van der Waals surface area contributed by atoms with E-state index in [0.717, 1.165) is 18.5 Å². The molecular formula is C15H17FN4O2S. The maximum Gasteiger partial charge on any atom is 0.243 e. The number of nitrogens with zero attached hydrogens (tertiary/aromatic N) is 4. The molecule has 122 valence electrons. The minimum Gasteiger partial charge on any atom is -0.248 e. The third-order valence-electron chi connectivity index (χ3n) is 4.48. The summed E-state index contributed by atoms with van der Waals surface area (Å²) in [5.41, 5.74) is 1.00. The lowest BCUT2D eigenvalue weighted by Gasteiger charge is -2.16. The van der Waals surface area contributed by atoms with Crippen LogP contribution in [0.2, 0.25) is 0 Å². The fraction of sp³-hybridized carbons (Fsp3) is 0.467. The van der Waals surface area contributed by atoms with Crippen LogP contribution in [-0.2, 0) is 10.0 Å². The van der Waals surface area contributed by atoms with Crippen LogP contribution in [0.3, 0.4) is 0 Å². The lowest BCUT2D eigenvalue weighted by molar-refractivity contribution is 0.428. The van der Waals surface area contributed by atoms with Crippen molar-refractivity contribution in [2.45, 2.75) is 36.1 Å². The average Bonchev–Trinajstić information content (AvgIpc) is 3.07. The van der Waals surface area contributed by atoms with E-state index in [2.05, 4.69) is 10.3 Å². The van der Waals surface area contributed by atoms with Gasteiger partial charge >= 0.3 is 0 Å². The van der Waals surface area contributed by atoms with Gasteiger partial charge in [-0.15, -0.1) is 5.10 Å². The van der Waals surface area contributed by atoms with Crippen molar-refractivity contribution in [3.8, 4) is 0 Å². The molecule has 2 heterocycles. The molecule has 0 amide bonds. The third kappa shape index (κ3) is 2.76. The van der Waals surface area contributed by atoms with E-state index in [1.165, 1.54) is 28.6 Å². The Bertz CT molecular complexity index is 814. The number of rotatable bonds is 4. The number of benzene rings is 1. The molecule has 0 spiro atoms. The van der Waals surface area contributed by atoms with Crippen molar-refractivity contribution in [1.82, 2.24) is 19.3 Å². The fourth-order valence-electron chi connectivity index (χ4n) is 2.94. The van der Waals surface area contributed by atoms with Crippen LogP contribution < -0.4 is 0 Å². The molecule has 1 unspecified atom stereocenters. The van der Waals surface area contributed by atoms with E-state index >= 15 is 0 Å². The summed E-state index contributed by atoms with van der Waals surface area (Å²) < 4.78 is 41.4. The van der Waals surface area contributed by atoms with Crippen LogP contribution >= 0.6 is 0 Å². The van der Waals surface area contributed by atoms with E-state index in [1.807, 2.05) is 6.20 Å². The highest BCUT2D eigenvalue weighted by Gasteiger charge is 2.35. The Morgan fingerprint density at radius 3 is 2.57 bits per heavy atom. The first kappa shape index (κ1) is 14.8. The summed E-state index contributed by atoms with van der Waals surface area (Å²) >= 11 is 0. The number of hydrogen-bond donors (Lipinski definition) is 0. The molecule has 2 aromatic rings. The van der Waals surface area contributed by atoms with Gasteiger partial charge in [0.05, 0.1) is 16.6 Å². The van der Waals surface area contributed by atoms with Gasteiger partial charge in [0.25, 0.3) is 0 Å². The van der Waals surface area contributed by atoms with Gasteiger partial charge in [-0.25, -0.2) is 17.5 Å². The molecule has 1 aromatic heterocycles. The summed E-state index contributed by atoms with van der Waals surface area (Å²) in [7, 11) is -3.59. The second kappa shape index (κ2) is 5.38. The first-order chi connectivity index (χ1) is 11.0. The van der Waals surface area contributed by atoms with Crippen LogP contribution in [0.5, 0.6) is 0 Å². The minimum atomic E-state index is -3.59. The number of halogens is 1. The highest BCUT2D eigenvalue weighted by atomic mass is 32.2. The predicted molar refractivity (Wildman–Crippen MR) is 80.8 cm³/mol.